The first-order valence-corrected chi connectivity index (χ1v) is 5.50. The van der Waals surface area contributed by atoms with E-state index in [-0.39, 0.29) is 6.61 Å². The van der Waals surface area contributed by atoms with Crippen molar-refractivity contribution in [2.75, 3.05) is 19.8 Å². The average Bonchev–Trinajstić information content (AvgIpc) is 2.68. The third-order valence-electron chi connectivity index (χ3n) is 2.68. The first kappa shape index (κ1) is 10.6. The second-order valence-corrected chi connectivity index (χ2v) is 3.98. The van der Waals surface area contributed by atoms with Crippen molar-refractivity contribution in [3.63, 3.8) is 0 Å². The van der Waals surface area contributed by atoms with Crippen molar-refractivity contribution in [2.45, 2.75) is 25.7 Å². The van der Waals surface area contributed by atoms with E-state index in [4.69, 9.17) is 14.3 Å². The van der Waals surface area contributed by atoms with Crippen LogP contribution >= 0.6 is 0 Å². The summed E-state index contributed by atoms with van der Waals surface area (Å²) in [6.07, 6.45) is 5.43. The Hall–Kier alpha value is -0.870. The highest BCUT2D eigenvalue weighted by Gasteiger charge is 2.16. The van der Waals surface area contributed by atoms with E-state index in [0.717, 1.165) is 37.7 Å². The van der Waals surface area contributed by atoms with E-state index in [2.05, 4.69) is 4.98 Å². The molecule has 0 radical (unpaired) electrons. The van der Waals surface area contributed by atoms with Gasteiger partial charge in [0.15, 0.2) is 5.89 Å². The van der Waals surface area contributed by atoms with Gasteiger partial charge in [-0.05, 0) is 18.8 Å². The number of oxazole rings is 1. The summed E-state index contributed by atoms with van der Waals surface area (Å²) < 4.78 is 10.9. The molecule has 4 heteroatoms. The molecular weight excluding hydrogens is 194 g/mol. The second kappa shape index (κ2) is 5.28. The molecule has 84 valence electrons. The summed E-state index contributed by atoms with van der Waals surface area (Å²) in [6, 6.07) is 0. The molecule has 1 fully saturated rings. The van der Waals surface area contributed by atoms with Gasteiger partial charge < -0.3 is 14.3 Å². The summed E-state index contributed by atoms with van der Waals surface area (Å²) in [5, 5.41) is 8.74. The summed E-state index contributed by atoms with van der Waals surface area (Å²) in [7, 11) is 0. The molecule has 0 bridgehead atoms. The molecule has 0 saturated carbocycles. The second-order valence-electron chi connectivity index (χ2n) is 3.98. The van der Waals surface area contributed by atoms with Crippen LogP contribution in [0.3, 0.4) is 0 Å². The highest BCUT2D eigenvalue weighted by atomic mass is 16.5. The number of nitrogens with zero attached hydrogens (tertiary/aromatic N) is 1. The number of hydrogen-bond acceptors (Lipinski definition) is 4. The number of aliphatic hydroxyl groups is 1. The van der Waals surface area contributed by atoms with Crippen molar-refractivity contribution in [3.05, 3.63) is 17.8 Å². The summed E-state index contributed by atoms with van der Waals surface area (Å²) >= 11 is 0. The summed E-state index contributed by atoms with van der Waals surface area (Å²) in [4.78, 5) is 4.20. The lowest BCUT2D eigenvalue weighted by Crippen LogP contribution is -2.19. The van der Waals surface area contributed by atoms with Crippen LogP contribution in [0.25, 0.3) is 0 Å². The van der Waals surface area contributed by atoms with Gasteiger partial charge in [-0.3, -0.25) is 0 Å². The van der Waals surface area contributed by atoms with Crippen molar-refractivity contribution < 1.29 is 14.3 Å². The normalized spacial score (nSPS) is 21.8. The maximum Gasteiger partial charge on any atom is 0.194 e. The van der Waals surface area contributed by atoms with Gasteiger partial charge in [0.1, 0.15) is 5.76 Å². The van der Waals surface area contributed by atoms with Gasteiger partial charge in [0, 0.05) is 26.1 Å². The zero-order valence-corrected chi connectivity index (χ0v) is 8.82. The Bertz CT molecular complexity index is 292. The lowest BCUT2D eigenvalue weighted by molar-refractivity contribution is 0.0525. The molecule has 15 heavy (non-hydrogen) atoms. The maximum absolute atomic E-state index is 8.74. The Morgan fingerprint density at radius 1 is 1.53 bits per heavy atom. The van der Waals surface area contributed by atoms with Crippen molar-refractivity contribution in [2.24, 2.45) is 5.92 Å². The summed E-state index contributed by atoms with van der Waals surface area (Å²) in [5.41, 5.74) is 0. The molecule has 1 saturated heterocycles. The van der Waals surface area contributed by atoms with Gasteiger partial charge in [-0.2, -0.15) is 0 Å². The van der Waals surface area contributed by atoms with Crippen molar-refractivity contribution in [1.29, 1.82) is 0 Å². The van der Waals surface area contributed by atoms with Crippen LogP contribution in [0.1, 0.15) is 24.5 Å². The van der Waals surface area contributed by atoms with E-state index in [1.54, 1.807) is 6.20 Å². The number of aliphatic hydroxyl groups excluding tert-OH is 1. The standard InChI is InChI=1S/C11H17NO3/c13-4-3-10-7-12-11(15-10)6-9-2-1-5-14-8-9/h7,9,13H,1-6,8H2. The van der Waals surface area contributed by atoms with Crippen LogP contribution < -0.4 is 0 Å². The van der Waals surface area contributed by atoms with Gasteiger partial charge in [-0.1, -0.05) is 0 Å². The molecule has 1 aliphatic heterocycles. The number of rotatable bonds is 4. The topological polar surface area (TPSA) is 55.5 Å². The molecule has 1 N–H and O–H groups in total. The Morgan fingerprint density at radius 3 is 3.20 bits per heavy atom. The van der Waals surface area contributed by atoms with Gasteiger partial charge in [0.25, 0.3) is 0 Å². The molecule has 1 aromatic rings. The van der Waals surface area contributed by atoms with Gasteiger partial charge >= 0.3 is 0 Å². The summed E-state index contributed by atoms with van der Waals surface area (Å²) in [6.45, 7) is 1.82. The van der Waals surface area contributed by atoms with Gasteiger partial charge in [-0.15, -0.1) is 0 Å². The maximum atomic E-state index is 8.74. The molecule has 1 aromatic heterocycles. The smallest absolute Gasteiger partial charge is 0.194 e. The minimum atomic E-state index is 0.112. The molecule has 0 aromatic carbocycles. The zero-order chi connectivity index (χ0) is 10.5. The van der Waals surface area contributed by atoms with E-state index in [1.165, 1.54) is 6.42 Å². The van der Waals surface area contributed by atoms with Gasteiger partial charge in [-0.25, -0.2) is 4.98 Å². The third-order valence-corrected chi connectivity index (χ3v) is 2.68. The average molecular weight is 211 g/mol. The highest BCUT2D eigenvalue weighted by Crippen LogP contribution is 2.18. The minimum Gasteiger partial charge on any atom is -0.446 e. The molecule has 0 spiro atoms. The molecule has 1 atom stereocenters. The third kappa shape index (κ3) is 3.04. The fourth-order valence-electron chi connectivity index (χ4n) is 1.88. The van der Waals surface area contributed by atoms with Crippen molar-refractivity contribution in [1.82, 2.24) is 4.98 Å². The van der Waals surface area contributed by atoms with E-state index in [1.807, 2.05) is 0 Å². The predicted molar refractivity (Wildman–Crippen MR) is 54.5 cm³/mol. The monoisotopic (exact) mass is 211 g/mol. The highest BCUT2D eigenvalue weighted by molar-refractivity contribution is 4.95. The van der Waals surface area contributed by atoms with Gasteiger partial charge in [0.2, 0.25) is 0 Å². The van der Waals surface area contributed by atoms with E-state index in [0.29, 0.717) is 12.3 Å². The lowest BCUT2D eigenvalue weighted by Gasteiger charge is -2.20. The molecule has 1 aliphatic rings. The van der Waals surface area contributed by atoms with E-state index >= 15 is 0 Å². The number of ether oxygens (including phenoxy) is 1. The summed E-state index contributed by atoms with van der Waals surface area (Å²) in [5.74, 6) is 2.08. The van der Waals surface area contributed by atoms with Crippen LogP contribution in [0.4, 0.5) is 0 Å². The Morgan fingerprint density at radius 2 is 2.47 bits per heavy atom. The van der Waals surface area contributed by atoms with Gasteiger partial charge in [0.05, 0.1) is 12.8 Å². The quantitative estimate of drug-likeness (QED) is 0.812. The number of aromatic nitrogens is 1. The molecule has 2 heterocycles. The predicted octanol–water partition coefficient (Wildman–Crippen LogP) is 1.18. The van der Waals surface area contributed by atoms with Crippen molar-refractivity contribution in [3.8, 4) is 0 Å². The zero-order valence-electron chi connectivity index (χ0n) is 8.82. The minimum absolute atomic E-state index is 0.112. The molecule has 0 aliphatic carbocycles. The fraction of sp³-hybridized carbons (Fsp3) is 0.727. The lowest BCUT2D eigenvalue weighted by atomic mass is 9.99. The first-order valence-electron chi connectivity index (χ1n) is 5.50. The van der Waals surface area contributed by atoms with Crippen LogP contribution in [0.5, 0.6) is 0 Å². The van der Waals surface area contributed by atoms with Crippen molar-refractivity contribution >= 4 is 0 Å². The van der Waals surface area contributed by atoms with Crippen LogP contribution in [0, 0.1) is 5.92 Å². The van der Waals surface area contributed by atoms with E-state index in [9.17, 15) is 0 Å². The van der Waals surface area contributed by atoms with E-state index < -0.39 is 0 Å². The molecule has 4 nitrogen and oxygen atoms in total. The molecule has 1 unspecified atom stereocenters. The Labute approximate surface area is 89.3 Å². The van der Waals surface area contributed by atoms with Crippen LogP contribution in [0.15, 0.2) is 10.6 Å². The largest absolute Gasteiger partial charge is 0.446 e. The Balaban J connectivity index is 1.86. The number of hydrogen-bond donors (Lipinski definition) is 1. The first-order chi connectivity index (χ1) is 7.38. The van der Waals surface area contributed by atoms with Crippen LogP contribution in [0.2, 0.25) is 0 Å². The fourth-order valence-corrected chi connectivity index (χ4v) is 1.88. The molecular formula is C11H17NO3. The SMILES string of the molecule is OCCc1cnc(CC2CCCOC2)o1. The van der Waals surface area contributed by atoms with Crippen LogP contribution in [-0.2, 0) is 17.6 Å². The molecule has 2 rings (SSSR count). The Kier molecular flexibility index (Phi) is 3.75. The molecule has 0 amide bonds. The van der Waals surface area contributed by atoms with Crippen LogP contribution in [-0.4, -0.2) is 29.9 Å².